The summed E-state index contributed by atoms with van der Waals surface area (Å²) >= 11 is 0. The molecule has 1 heterocycles. The molecule has 6 heteroatoms. The van der Waals surface area contributed by atoms with E-state index in [1.807, 2.05) is 0 Å². The largest absolute Gasteiger partial charge is 0.280 e. The van der Waals surface area contributed by atoms with Gasteiger partial charge in [0.05, 0.1) is 5.52 Å². The number of rotatable bonds is 2. The van der Waals surface area contributed by atoms with Gasteiger partial charge in [-0.1, -0.05) is 0 Å². The van der Waals surface area contributed by atoms with E-state index in [9.17, 15) is 22.0 Å². The van der Waals surface area contributed by atoms with Crippen molar-refractivity contribution in [1.82, 2.24) is 4.98 Å². The number of benzene rings is 1. The minimum Gasteiger partial charge on any atom is -0.247 e. The first-order valence-electron chi connectivity index (χ1n) is 4.65. The highest BCUT2D eigenvalue weighted by Crippen LogP contribution is 2.30. The Bertz CT molecular complexity index is 553. The van der Waals surface area contributed by atoms with Crippen molar-refractivity contribution in [1.29, 1.82) is 0 Å². The molecule has 0 fully saturated rings. The van der Waals surface area contributed by atoms with Gasteiger partial charge < -0.3 is 0 Å². The Hall–Kier alpha value is -1.72. The van der Waals surface area contributed by atoms with Gasteiger partial charge in [0.1, 0.15) is 11.5 Å². The maximum Gasteiger partial charge on any atom is 0.280 e. The van der Waals surface area contributed by atoms with Gasteiger partial charge in [0.15, 0.2) is 0 Å². The molecule has 1 aromatic carbocycles. The lowest BCUT2D eigenvalue weighted by Crippen LogP contribution is -1.97. The van der Waals surface area contributed by atoms with E-state index in [2.05, 4.69) is 4.98 Å². The molecule has 0 amide bonds. The Labute approximate surface area is 92.9 Å². The summed E-state index contributed by atoms with van der Waals surface area (Å²) < 4.78 is 63.1. The summed E-state index contributed by atoms with van der Waals surface area (Å²) in [6.07, 6.45) is -5.90. The van der Waals surface area contributed by atoms with Crippen LogP contribution in [0, 0.1) is 5.82 Å². The monoisotopic (exact) mass is 247 g/mol. The highest BCUT2D eigenvalue weighted by Gasteiger charge is 2.18. The molecule has 2 rings (SSSR count). The summed E-state index contributed by atoms with van der Waals surface area (Å²) in [6.45, 7) is 0. The molecule has 0 aliphatic heterocycles. The lowest BCUT2D eigenvalue weighted by molar-refractivity contribution is 0.141. The van der Waals surface area contributed by atoms with Crippen molar-refractivity contribution in [2.24, 2.45) is 0 Å². The van der Waals surface area contributed by atoms with Gasteiger partial charge in [0.2, 0.25) is 0 Å². The standard InChI is InChI=1S/C11H6F5N/c12-5-1-2-8-6(3-5)7(10(13)14)4-9(17-8)11(15)16/h1-4,10-11H. The Balaban J connectivity index is 2.76. The predicted molar refractivity (Wildman–Crippen MR) is 51.6 cm³/mol. The van der Waals surface area contributed by atoms with Crippen LogP contribution in [-0.4, -0.2) is 4.98 Å². The summed E-state index contributed by atoms with van der Waals surface area (Å²) in [7, 11) is 0. The summed E-state index contributed by atoms with van der Waals surface area (Å²) in [5.41, 5.74) is -1.44. The van der Waals surface area contributed by atoms with Crippen molar-refractivity contribution in [2.45, 2.75) is 12.9 Å². The van der Waals surface area contributed by atoms with Crippen molar-refractivity contribution in [3.05, 3.63) is 41.3 Å². The third kappa shape index (κ3) is 2.20. The van der Waals surface area contributed by atoms with Crippen molar-refractivity contribution >= 4 is 10.9 Å². The Kier molecular flexibility index (Phi) is 2.95. The van der Waals surface area contributed by atoms with Crippen LogP contribution in [0.25, 0.3) is 10.9 Å². The van der Waals surface area contributed by atoms with Gasteiger partial charge in [-0.25, -0.2) is 26.9 Å². The van der Waals surface area contributed by atoms with Crippen LogP contribution >= 0.6 is 0 Å². The average Bonchev–Trinajstić information content (AvgIpc) is 2.27. The highest BCUT2D eigenvalue weighted by atomic mass is 19.3. The summed E-state index contributed by atoms with van der Waals surface area (Å²) in [5, 5.41) is -0.149. The number of halogens is 5. The van der Waals surface area contributed by atoms with Gasteiger partial charge in [-0.15, -0.1) is 0 Å². The number of fused-ring (bicyclic) bond motifs is 1. The van der Waals surface area contributed by atoms with Crippen LogP contribution in [0.4, 0.5) is 22.0 Å². The van der Waals surface area contributed by atoms with E-state index < -0.39 is 29.9 Å². The van der Waals surface area contributed by atoms with Crippen molar-refractivity contribution < 1.29 is 22.0 Å². The normalized spacial score (nSPS) is 11.7. The molecule has 0 spiro atoms. The average molecular weight is 247 g/mol. The van der Waals surface area contributed by atoms with Crippen molar-refractivity contribution in [2.75, 3.05) is 0 Å². The molecule has 0 saturated heterocycles. The molecule has 0 radical (unpaired) electrons. The lowest BCUT2D eigenvalue weighted by atomic mass is 10.1. The first-order valence-corrected chi connectivity index (χ1v) is 4.65. The van der Waals surface area contributed by atoms with E-state index >= 15 is 0 Å². The number of hydrogen-bond donors (Lipinski definition) is 0. The molecule has 1 aromatic heterocycles. The lowest BCUT2D eigenvalue weighted by Gasteiger charge is -2.08. The van der Waals surface area contributed by atoms with E-state index in [0.29, 0.717) is 6.07 Å². The van der Waals surface area contributed by atoms with E-state index in [-0.39, 0.29) is 10.9 Å². The molecule has 0 aliphatic rings. The molecule has 17 heavy (non-hydrogen) atoms. The maximum atomic E-state index is 12.9. The van der Waals surface area contributed by atoms with Crippen molar-refractivity contribution in [3.63, 3.8) is 0 Å². The Morgan fingerprint density at radius 1 is 0.941 bits per heavy atom. The molecule has 90 valence electrons. The molecule has 0 unspecified atom stereocenters. The van der Waals surface area contributed by atoms with Crippen LogP contribution in [0.2, 0.25) is 0 Å². The smallest absolute Gasteiger partial charge is 0.247 e. The highest BCUT2D eigenvalue weighted by molar-refractivity contribution is 5.82. The topological polar surface area (TPSA) is 12.9 Å². The Morgan fingerprint density at radius 3 is 2.24 bits per heavy atom. The number of aromatic nitrogens is 1. The van der Waals surface area contributed by atoms with E-state index in [1.165, 1.54) is 0 Å². The minimum absolute atomic E-state index is 0.0699. The number of nitrogens with zero attached hydrogens (tertiary/aromatic N) is 1. The van der Waals surface area contributed by atoms with Crippen molar-refractivity contribution in [3.8, 4) is 0 Å². The van der Waals surface area contributed by atoms with Gasteiger partial charge in [-0.2, -0.15) is 0 Å². The van der Waals surface area contributed by atoms with Gasteiger partial charge in [-0.3, -0.25) is 0 Å². The minimum atomic E-state index is -2.96. The second-order valence-electron chi connectivity index (χ2n) is 3.40. The fraction of sp³-hybridized carbons (Fsp3) is 0.182. The zero-order valence-corrected chi connectivity index (χ0v) is 8.30. The summed E-state index contributed by atoms with van der Waals surface area (Å²) in [6, 6.07) is 3.55. The third-order valence-corrected chi connectivity index (χ3v) is 2.28. The van der Waals surface area contributed by atoms with E-state index in [0.717, 1.165) is 18.2 Å². The van der Waals surface area contributed by atoms with Crippen LogP contribution in [0.15, 0.2) is 24.3 Å². The van der Waals surface area contributed by atoms with Gasteiger partial charge in [0.25, 0.3) is 12.9 Å². The van der Waals surface area contributed by atoms with Crippen LogP contribution in [0.3, 0.4) is 0 Å². The predicted octanol–water partition coefficient (Wildman–Crippen LogP) is 4.25. The molecular formula is C11H6F5N. The first-order chi connectivity index (χ1) is 7.99. The zero-order valence-electron chi connectivity index (χ0n) is 8.30. The van der Waals surface area contributed by atoms with Gasteiger partial charge in [0, 0.05) is 10.9 Å². The molecule has 0 aliphatic carbocycles. The SMILES string of the molecule is Fc1ccc2nc(C(F)F)cc(C(F)F)c2c1. The summed E-state index contributed by atoms with van der Waals surface area (Å²) in [5.74, 6) is -0.717. The second kappa shape index (κ2) is 4.27. The third-order valence-electron chi connectivity index (χ3n) is 2.28. The number of pyridine rings is 1. The molecule has 0 saturated carbocycles. The summed E-state index contributed by atoms with van der Waals surface area (Å²) in [4.78, 5) is 3.51. The zero-order chi connectivity index (χ0) is 12.6. The Morgan fingerprint density at radius 2 is 1.65 bits per heavy atom. The first kappa shape index (κ1) is 11.8. The molecule has 0 N–H and O–H groups in total. The maximum absolute atomic E-state index is 12.9. The van der Waals surface area contributed by atoms with Gasteiger partial charge in [-0.05, 0) is 24.3 Å². The fourth-order valence-electron chi connectivity index (χ4n) is 1.54. The van der Waals surface area contributed by atoms with E-state index in [1.54, 1.807) is 0 Å². The molecule has 0 bridgehead atoms. The quantitative estimate of drug-likeness (QED) is 0.723. The van der Waals surface area contributed by atoms with Crippen LogP contribution in [0.1, 0.15) is 24.1 Å². The van der Waals surface area contributed by atoms with Crippen LogP contribution in [0.5, 0.6) is 0 Å². The molecule has 0 atom stereocenters. The van der Waals surface area contributed by atoms with Crippen LogP contribution in [-0.2, 0) is 0 Å². The fourth-order valence-corrected chi connectivity index (χ4v) is 1.54. The molecule has 2 aromatic rings. The number of alkyl halides is 4. The van der Waals surface area contributed by atoms with Crippen LogP contribution < -0.4 is 0 Å². The van der Waals surface area contributed by atoms with E-state index in [4.69, 9.17) is 0 Å². The molecule has 1 nitrogen and oxygen atoms in total. The molecular weight excluding hydrogens is 241 g/mol. The number of hydrogen-bond acceptors (Lipinski definition) is 1. The second-order valence-corrected chi connectivity index (χ2v) is 3.40. The van der Waals surface area contributed by atoms with Gasteiger partial charge >= 0.3 is 0 Å².